The summed E-state index contributed by atoms with van der Waals surface area (Å²) in [5.41, 5.74) is 3.01. The van der Waals surface area contributed by atoms with Crippen molar-refractivity contribution < 1.29 is 9.59 Å². The predicted molar refractivity (Wildman–Crippen MR) is 116 cm³/mol. The highest BCUT2D eigenvalue weighted by Gasteiger charge is 2.26. The lowest BCUT2D eigenvalue weighted by Gasteiger charge is -2.37. The Labute approximate surface area is 172 Å². The molecule has 0 unspecified atom stereocenters. The highest BCUT2D eigenvalue weighted by Crippen LogP contribution is 2.15. The minimum Gasteiger partial charge on any atom is -0.351 e. The van der Waals surface area contributed by atoms with E-state index in [4.69, 9.17) is 0 Å². The Morgan fingerprint density at radius 3 is 2.31 bits per heavy atom. The van der Waals surface area contributed by atoms with Crippen LogP contribution in [0.3, 0.4) is 0 Å². The largest absolute Gasteiger partial charge is 0.351 e. The molecule has 3 rings (SSSR count). The topological polar surface area (TPSA) is 64.7 Å². The van der Waals surface area contributed by atoms with Gasteiger partial charge in [0.2, 0.25) is 11.8 Å². The molecule has 6 heteroatoms. The zero-order chi connectivity index (χ0) is 20.6. The predicted octanol–water partition coefficient (Wildman–Crippen LogP) is 2.26. The van der Waals surface area contributed by atoms with Crippen molar-refractivity contribution in [3.63, 3.8) is 0 Å². The van der Waals surface area contributed by atoms with Crippen LogP contribution in [0.4, 0.5) is 5.69 Å². The van der Waals surface area contributed by atoms with Crippen molar-refractivity contribution in [2.24, 2.45) is 0 Å². The van der Waals surface area contributed by atoms with Crippen LogP contribution in [0, 0.1) is 6.92 Å². The second kappa shape index (κ2) is 10.2. The molecule has 1 saturated heterocycles. The first-order chi connectivity index (χ1) is 14.0. The number of amides is 2. The molecule has 29 heavy (non-hydrogen) atoms. The third kappa shape index (κ3) is 6.14. The average Bonchev–Trinajstić information content (AvgIpc) is 2.74. The first kappa shape index (κ1) is 21.0. The molecule has 0 bridgehead atoms. The zero-order valence-electron chi connectivity index (χ0n) is 17.2. The van der Waals surface area contributed by atoms with Crippen LogP contribution < -0.4 is 10.6 Å². The van der Waals surface area contributed by atoms with E-state index in [-0.39, 0.29) is 17.9 Å². The Balaban J connectivity index is 1.40. The summed E-state index contributed by atoms with van der Waals surface area (Å²) in [6, 6.07) is 17.5. The van der Waals surface area contributed by atoms with Gasteiger partial charge in [0.05, 0.1) is 12.6 Å². The van der Waals surface area contributed by atoms with E-state index < -0.39 is 0 Å². The lowest BCUT2D eigenvalue weighted by atomic mass is 10.1. The molecule has 6 nitrogen and oxygen atoms in total. The number of hydrogen-bond donors (Lipinski definition) is 2. The summed E-state index contributed by atoms with van der Waals surface area (Å²) in [6.45, 7) is 7.97. The van der Waals surface area contributed by atoms with Crippen molar-refractivity contribution in [2.45, 2.75) is 26.4 Å². The van der Waals surface area contributed by atoms with Crippen LogP contribution >= 0.6 is 0 Å². The Morgan fingerprint density at radius 1 is 0.966 bits per heavy atom. The van der Waals surface area contributed by atoms with Crippen LogP contribution in [0.25, 0.3) is 0 Å². The third-order valence-corrected chi connectivity index (χ3v) is 5.44. The van der Waals surface area contributed by atoms with Crippen molar-refractivity contribution in [2.75, 3.05) is 38.0 Å². The van der Waals surface area contributed by atoms with Gasteiger partial charge in [0.15, 0.2) is 0 Å². The van der Waals surface area contributed by atoms with Gasteiger partial charge in [0, 0.05) is 38.4 Å². The van der Waals surface area contributed by atoms with Crippen molar-refractivity contribution in [1.82, 2.24) is 15.1 Å². The Kier molecular flexibility index (Phi) is 7.38. The fraction of sp³-hybridized carbons (Fsp3) is 0.391. The van der Waals surface area contributed by atoms with Crippen molar-refractivity contribution in [3.8, 4) is 0 Å². The molecule has 0 radical (unpaired) electrons. The maximum Gasteiger partial charge on any atom is 0.241 e. The van der Waals surface area contributed by atoms with Crippen LogP contribution in [-0.4, -0.2) is 60.4 Å². The second-order valence-electron chi connectivity index (χ2n) is 7.55. The van der Waals surface area contributed by atoms with Gasteiger partial charge in [0.1, 0.15) is 0 Å². The van der Waals surface area contributed by atoms with E-state index in [0.29, 0.717) is 13.1 Å². The number of nitrogens with one attached hydrogen (secondary N) is 2. The van der Waals surface area contributed by atoms with E-state index in [1.165, 1.54) is 0 Å². The molecule has 1 heterocycles. The Bertz CT molecular complexity index is 817. The molecule has 0 spiro atoms. The van der Waals surface area contributed by atoms with E-state index in [1.807, 2.05) is 68.4 Å². The minimum absolute atomic E-state index is 0.00774. The molecule has 1 aliphatic rings. The average molecular weight is 395 g/mol. The summed E-state index contributed by atoms with van der Waals surface area (Å²) in [6.07, 6.45) is 0. The van der Waals surface area contributed by atoms with Gasteiger partial charge in [-0.05, 0) is 31.0 Å². The summed E-state index contributed by atoms with van der Waals surface area (Å²) >= 11 is 0. The zero-order valence-corrected chi connectivity index (χ0v) is 17.2. The van der Waals surface area contributed by atoms with Gasteiger partial charge in [-0.3, -0.25) is 19.4 Å². The molecule has 0 aliphatic carbocycles. The van der Waals surface area contributed by atoms with Crippen molar-refractivity contribution in [1.29, 1.82) is 0 Å². The first-order valence-corrected chi connectivity index (χ1v) is 10.2. The molecule has 154 valence electrons. The summed E-state index contributed by atoms with van der Waals surface area (Å²) in [5.74, 6) is 0.0426. The van der Waals surface area contributed by atoms with Gasteiger partial charge in [-0.1, -0.05) is 48.5 Å². The summed E-state index contributed by atoms with van der Waals surface area (Å²) in [4.78, 5) is 29.1. The summed E-state index contributed by atoms with van der Waals surface area (Å²) in [7, 11) is 0. The molecule has 0 aromatic heterocycles. The number of para-hydroxylation sites is 1. The lowest BCUT2D eigenvalue weighted by Crippen LogP contribution is -2.54. The smallest absolute Gasteiger partial charge is 0.241 e. The minimum atomic E-state index is -0.205. The Hall–Kier alpha value is -2.70. The summed E-state index contributed by atoms with van der Waals surface area (Å²) < 4.78 is 0. The molecule has 2 N–H and O–H groups in total. The van der Waals surface area contributed by atoms with Gasteiger partial charge in [0.25, 0.3) is 0 Å². The van der Waals surface area contributed by atoms with E-state index in [2.05, 4.69) is 20.4 Å². The quantitative estimate of drug-likeness (QED) is 0.756. The molecule has 1 atom stereocenters. The molecular formula is C23H30N4O2. The lowest BCUT2D eigenvalue weighted by molar-refractivity contribution is -0.124. The number of piperazine rings is 1. The summed E-state index contributed by atoms with van der Waals surface area (Å²) in [5, 5.41) is 6.00. The highest BCUT2D eigenvalue weighted by molar-refractivity contribution is 5.95. The fourth-order valence-electron chi connectivity index (χ4n) is 3.48. The van der Waals surface area contributed by atoms with Crippen LogP contribution in [0.5, 0.6) is 0 Å². The van der Waals surface area contributed by atoms with Crippen LogP contribution in [0.2, 0.25) is 0 Å². The van der Waals surface area contributed by atoms with Gasteiger partial charge in [-0.2, -0.15) is 0 Å². The molecule has 1 fully saturated rings. The fourth-order valence-corrected chi connectivity index (χ4v) is 3.48. The van der Waals surface area contributed by atoms with Crippen molar-refractivity contribution in [3.05, 3.63) is 65.7 Å². The molecular weight excluding hydrogens is 364 g/mol. The number of carbonyl (C=O) groups is 2. The highest BCUT2D eigenvalue weighted by atomic mass is 16.2. The third-order valence-electron chi connectivity index (χ3n) is 5.44. The number of carbonyl (C=O) groups excluding carboxylic acids is 2. The van der Waals surface area contributed by atoms with E-state index in [9.17, 15) is 9.59 Å². The number of rotatable bonds is 7. The van der Waals surface area contributed by atoms with E-state index >= 15 is 0 Å². The molecule has 0 saturated carbocycles. The standard InChI is InChI=1S/C23H30N4O2/c1-18-8-6-7-11-21(18)25-23(29)19(2)27-14-12-26(13-15-27)17-22(28)24-16-20-9-4-3-5-10-20/h3-11,19H,12-17H2,1-2H3,(H,24,28)(H,25,29)/t19-/m0/s1. The van der Waals surface area contributed by atoms with Crippen LogP contribution in [0.1, 0.15) is 18.1 Å². The number of nitrogens with zero attached hydrogens (tertiary/aromatic N) is 2. The number of hydrogen-bond acceptors (Lipinski definition) is 4. The SMILES string of the molecule is Cc1ccccc1NC(=O)[C@H](C)N1CCN(CC(=O)NCc2ccccc2)CC1. The van der Waals surface area contributed by atoms with Crippen LogP contribution in [0.15, 0.2) is 54.6 Å². The maximum atomic E-state index is 12.6. The molecule has 2 aromatic rings. The molecule has 2 aromatic carbocycles. The first-order valence-electron chi connectivity index (χ1n) is 10.2. The van der Waals surface area contributed by atoms with Gasteiger partial charge >= 0.3 is 0 Å². The maximum absolute atomic E-state index is 12.6. The second-order valence-corrected chi connectivity index (χ2v) is 7.55. The van der Waals surface area contributed by atoms with Gasteiger partial charge < -0.3 is 10.6 Å². The number of benzene rings is 2. The Morgan fingerprint density at radius 2 is 1.62 bits per heavy atom. The number of anilines is 1. The van der Waals surface area contributed by atoms with Crippen LogP contribution in [-0.2, 0) is 16.1 Å². The van der Waals surface area contributed by atoms with Crippen molar-refractivity contribution >= 4 is 17.5 Å². The monoisotopic (exact) mass is 394 g/mol. The molecule has 1 aliphatic heterocycles. The number of aryl methyl sites for hydroxylation is 1. The van der Waals surface area contributed by atoms with Gasteiger partial charge in [-0.15, -0.1) is 0 Å². The van der Waals surface area contributed by atoms with E-state index in [0.717, 1.165) is 43.0 Å². The van der Waals surface area contributed by atoms with E-state index in [1.54, 1.807) is 0 Å². The molecule has 2 amide bonds. The normalized spacial score (nSPS) is 16.2. The van der Waals surface area contributed by atoms with Gasteiger partial charge in [-0.25, -0.2) is 0 Å².